The van der Waals surface area contributed by atoms with Gasteiger partial charge in [-0.05, 0) is 19.4 Å². The van der Waals surface area contributed by atoms with E-state index in [1.807, 2.05) is 6.92 Å². The molecule has 0 spiro atoms. The minimum atomic E-state index is -4.42. The smallest absolute Gasteiger partial charge is 0.422 e. The highest BCUT2D eigenvalue weighted by molar-refractivity contribution is 5.89. The van der Waals surface area contributed by atoms with Gasteiger partial charge in [0.05, 0.1) is 18.5 Å². The molecule has 0 aromatic carbocycles. The van der Waals surface area contributed by atoms with E-state index in [0.717, 1.165) is 6.42 Å². The molecule has 1 aromatic rings. The predicted molar refractivity (Wildman–Crippen MR) is 81.0 cm³/mol. The molecular weight excluding hydrogens is 327 g/mol. The Morgan fingerprint density at radius 3 is 2.83 bits per heavy atom. The maximum absolute atomic E-state index is 12.2. The van der Waals surface area contributed by atoms with Crippen molar-refractivity contribution in [3.8, 4) is 5.88 Å². The first-order valence-electron chi connectivity index (χ1n) is 7.66. The van der Waals surface area contributed by atoms with Crippen molar-refractivity contribution in [3.63, 3.8) is 0 Å². The highest BCUT2D eigenvalue weighted by Gasteiger charge is 2.28. The van der Waals surface area contributed by atoms with E-state index in [4.69, 9.17) is 4.74 Å². The number of anilines is 1. The van der Waals surface area contributed by atoms with Crippen molar-refractivity contribution in [2.24, 2.45) is 5.92 Å². The summed E-state index contributed by atoms with van der Waals surface area (Å²) in [6.07, 6.45) is -2.23. The molecule has 9 heteroatoms. The Morgan fingerprint density at radius 1 is 1.50 bits per heavy atom. The highest BCUT2D eigenvalue weighted by Crippen LogP contribution is 2.19. The summed E-state index contributed by atoms with van der Waals surface area (Å²) in [4.78, 5) is 17.6. The topological polar surface area (TPSA) is 63.7 Å². The zero-order valence-electron chi connectivity index (χ0n) is 13.3. The van der Waals surface area contributed by atoms with Crippen LogP contribution >= 0.6 is 0 Å². The zero-order valence-corrected chi connectivity index (χ0v) is 13.3. The van der Waals surface area contributed by atoms with Crippen LogP contribution in [0, 0.1) is 5.92 Å². The lowest BCUT2D eigenvalue weighted by Crippen LogP contribution is -2.38. The van der Waals surface area contributed by atoms with Gasteiger partial charge in [-0.25, -0.2) is 9.78 Å². The normalized spacial score (nSPS) is 17.6. The number of rotatable bonds is 6. The third kappa shape index (κ3) is 5.88. The number of carbonyl (C=O) groups is 1. The molecule has 6 nitrogen and oxygen atoms in total. The van der Waals surface area contributed by atoms with Crippen molar-refractivity contribution in [3.05, 3.63) is 18.3 Å². The van der Waals surface area contributed by atoms with Crippen LogP contribution in [0.4, 0.5) is 23.7 Å². The van der Waals surface area contributed by atoms with Crippen molar-refractivity contribution in [1.29, 1.82) is 0 Å². The molecule has 0 aliphatic carbocycles. The number of alkyl halides is 3. The van der Waals surface area contributed by atoms with E-state index in [-0.39, 0.29) is 11.9 Å². The third-order valence-corrected chi connectivity index (χ3v) is 3.54. The van der Waals surface area contributed by atoms with Crippen molar-refractivity contribution in [2.45, 2.75) is 19.5 Å². The first-order chi connectivity index (χ1) is 11.4. The number of amides is 2. The standard InChI is InChI=1S/C15H20F3N3O3/c1-2-21(8-11-5-6-23-9-11)14(22)20-12-3-4-13(19-7-12)24-10-15(16,17)18/h3-4,7,11H,2,5-6,8-10H2,1H3,(H,20,22)/t11-/m1/s1. The average Bonchev–Trinajstić information content (AvgIpc) is 3.04. The molecule has 0 bridgehead atoms. The average molecular weight is 347 g/mol. The van der Waals surface area contributed by atoms with Gasteiger partial charge in [0.1, 0.15) is 0 Å². The third-order valence-electron chi connectivity index (χ3n) is 3.54. The van der Waals surface area contributed by atoms with Crippen LogP contribution < -0.4 is 10.1 Å². The molecule has 2 amide bonds. The molecule has 1 aliphatic heterocycles. The van der Waals surface area contributed by atoms with Gasteiger partial charge in [-0.1, -0.05) is 0 Å². The molecule has 0 saturated carbocycles. The van der Waals surface area contributed by atoms with Gasteiger partial charge in [0.15, 0.2) is 6.61 Å². The Bertz CT molecular complexity index is 531. The number of hydrogen-bond acceptors (Lipinski definition) is 4. The SMILES string of the molecule is CCN(C[C@H]1CCOC1)C(=O)Nc1ccc(OCC(F)(F)F)nc1. The highest BCUT2D eigenvalue weighted by atomic mass is 19.4. The molecule has 1 saturated heterocycles. The Hall–Kier alpha value is -2.03. The Kier molecular flexibility index (Phi) is 6.24. The second kappa shape index (κ2) is 8.18. The molecule has 2 rings (SSSR count). The monoisotopic (exact) mass is 347 g/mol. The number of hydrogen-bond donors (Lipinski definition) is 1. The second-order valence-corrected chi connectivity index (χ2v) is 5.49. The zero-order chi connectivity index (χ0) is 17.6. The summed E-state index contributed by atoms with van der Waals surface area (Å²) in [6.45, 7) is 2.98. The maximum atomic E-state index is 12.2. The van der Waals surface area contributed by atoms with Crippen LogP contribution in [0.5, 0.6) is 5.88 Å². The molecule has 1 fully saturated rings. The van der Waals surface area contributed by atoms with Crippen LogP contribution in [0.3, 0.4) is 0 Å². The van der Waals surface area contributed by atoms with Crippen LogP contribution in [-0.2, 0) is 4.74 Å². The minimum absolute atomic E-state index is 0.152. The van der Waals surface area contributed by atoms with E-state index in [9.17, 15) is 18.0 Å². The first-order valence-corrected chi connectivity index (χ1v) is 7.66. The molecule has 1 aliphatic rings. The molecule has 1 aromatic heterocycles. The second-order valence-electron chi connectivity index (χ2n) is 5.49. The van der Waals surface area contributed by atoms with Crippen LogP contribution in [-0.4, -0.2) is 55.0 Å². The van der Waals surface area contributed by atoms with Crippen molar-refractivity contribution >= 4 is 11.7 Å². The van der Waals surface area contributed by atoms with Gasteiger partial charge < -0.3 is 19.7 Å². The fraction of sp³-hybridized carbons (Fsp3) is 0.600. The van der Waals surface area contributed by atoms with Crippen LogP contribution in [0.2, 0.25) is 0 Å². The van der Waals surface area contributed by atoms with Crippen molar-refractivity contribution < 1.29 is 27.4 Å². The number of nitrogens with zero attached hydrogens (tertiary/aromatic N) is 2. The number of pyridine rings is 1. The van der Waals surface area contributed by atoms with Gasteiger partial charge in [-0.2, -0.15) is 13.2 Å². The molecule has 1 atom stereocenters. The van der Waals surface area contributed by atoms with Gasteiger partial charge in [0.2, 0.25) is 5.88 Å². The lowest BCUT2D eigenvalue weighted by Gasteiger charge is -2.24. The van der Waals surface area contributed by atoms with Crippen LogP contribution in [0.1, 0.15) is 13.3 Å². The van der Waals surface area contributed by atoms with Crippen LogP contribution in [0.25, 0.3) is 0 Å². The lowest BCUT2D eigenvalue weighted by molar-refractivity contribution is -0.154. The summed E-state index contributed by atoms with van der Waals surface area (Å²) in [6, 6.07) is 2.45. The summed E-state index contributed by atoms with van der Waals surface area (Å²) in [5, 5.41) is 2.67. The summed E-state index contributed by atoms with van der Waals surface area (Å²) in [7, 11) is 0. The first kappa shape index (κ1) is 18.3. The molecule has 134 valence electrons. The molecule has 2 heterocycles. The van der Waals surface area contributed by atoms with E-state index in [2.05, 4.69) is 15.0 Å². The largest absolute Gasteiger partial charge is 0.468 e. The van der Waals surface area contributed by atoms with Gasteiger partial charge in [0, 0.05) is 31.7 Å². The van der Waals surface area contributed by atoms with Gasteiger partial charge in [-0.3, -0.25) is 0 Å². The van der Waals surface area contributed by atoms with Gasteiger partial charge in [-0.15, -0.1) is 0 Å². The van der Waals surface area contributed by atoms with Crippen LogP contribution in [0.15, 0.2) is 18.3 Å². The van der Waals surface area contributed by atoms with Gasteiger partial charge in [0.25, 0.3) is 0 Å². The minimum Gasteiger partial charge on any atom is -0.468 e. The lowest BCUT2D eigenvalue weighted by atomic mass is 10.1. The quantitative estimate of drug-likeness (QED) is 0.859. The number of ether oxygens (including phenoxy) is 2. The Labute approximate surface area is 137 Å². The van der Waals surface area contributed by atoms with Gasteiger partial charge >= 0.3 is 12.2 Å². The molecule has 0 unspecified atom stereocenters. The number of aromatic nitrogens is 1. The Morgan fingerprint density at radius 2 is 2.29 bits per heavy atom. The fourth-order valence-corrected chi connectivity index (χ4v) is 2.29. The summed E-state index contributed by atoms with van der Waals surface area (Å²) in [5.41, 5.74) is 0.389. The van der Waals surface area contributed by atoms with E-state index in [0.29, 0.717) is 37.9 Å². The molecule has 24 heavy (non-hydrogen) atoms. The van der Waals surface area contributed by atoms with Crippen molar-refractivity contribution in [1.82, 2.24) is 9.88 Å². The summed E-state index contributed by atoms with van der Waals surface area (Å²) in [5.74, 6) is 0.174. The summed E-state index contributed by atoms with van der Waals surface area (Å²) >= 11 is 0. The van der Waals surface area contributed by atoms with E-state index in [1.165, 1.54) is 18.3 Å². The number of carbonyl (C=O) groups excluding carboxylic acids is 1. The van der Waals surface area contributed by atoms with E-state index >= 15 is 0 Å². The molecule has 1 N–H and O–H groups in total. The number of halogens is 3. The van der Waals surface area contributed by atoms with E-state index in [1.54, 1.807) is 4.90 Å². The van der Waals surface area contributed by atoms with Crippen molar-refractivity contribution in [2.75, 3.05) is 38.2 Å². The molecule has 0 radical (unpaired) electrons. The Balaban J connectivity index is 1.85. The maximum Gasteiger partial charge on any atom is 0.422 e. The van der Waals surface area contributed by atoms with E-state index < -0.39 is 12.8 Å². The predicted octanol–water partition coefficient (Wildman–Crippen LogP) is 2.91. The number of nitrogens with one attached hydrogen (secondary N) is 1. The summed E-state index contributed by atoms with van der Waals surface area (Å²) < 4.78 is 46.0. The fourth-order valence-electron chi connectivity index (χ4n) is 2.29. The molecular formula is C15H20F3N3O3. The number of urea groups is 1.